The van der Waals surface area contributed by atoms with Gasteiger partial charge in [0.15, 0.2) is 0 Å². The van der Waals surface area contributed by atoms with Crippen LogP contribution in [0.25, 0.3) is 0 Å². The number of carbonyl (C=O) groups is 2. The van der Waals surface area contributed by atoms with Crippen molar-refractivity contribution in [2.24, 2.45) is 0 Å². The lowest BCUT2D eigenvalue weighted by Crippen LogP contribution is -2.51. The van der Waals surface area contributed by atoms with E-state index in [1.54, 1.807) is 25.3 Å². The Hall–Kier alpha value is -1.95. The van der Waals surface area contributed by atoms with Crippen LogP contribution in [0.15, 0.2) is 18.2 Å². The number of ether oxygens (including phenoxy) is 1. The summed E-state index contributed by atoms with van der Waals surface area (Å²) in [6.45, 7) is 3.32. The Morgan fingerprint density at radius 3 is 2.59 bits per heavy atom. The van der Waals surface area contributed by atoms with E-state index < -0.39 is 11.5 Å². The molecular formula is C15H21ClN2O4. The zero-order chi connectivity index (χ0) is 16.9. The smallest absolute Gasteiger partial charge is 0.329 e. The van der Waals surface area contributed by atoms with Gasteiger partial charge in [-0.25, -0.2) is 4.79 Å². The summed E-state index contributed by atoms with van der Waals surface area (Å²) in [6.07, 6.45) is 0.156. The highest BCUT2D eigenvalue weighted by Gasteiger charge is 2.34. The van der Waals surface area contributed by atoms with Gasteiger partial charge < -0.3 is 20.1 Å². The molecule has 22 heavy (non-hydrogen) atoms. The van der Waals surface area contributed by atoms with E-state index in [4.69, 9.17) is 21.4 Å². The molecule has 122 valence electrons. The minimum atomic E-state index is -1.25. The Kier molecular flexibility index (Phi) is 6.05. The molecule has 6 nitrogen and oxygen atoms in total. The SMILES string of the molecule is COc1ccc(Cl)cc1NCCC(=O)N(C)C(C)(C)C(=O)O. The first-order valence-corrected chi connectivity index (χ1v) is 7.15. The average molecular weight is 329 g/mol. The predicted molar refractivity (Wildman–Crippen MR) is 85.6 cm³/mol. The molecule has 0 radical (unpaired) electrons. The molecule has 1 aromatic carbocycles. The first-order chi connectivity index (χ1) is 10.2. The van der Waals surface area contributed by atoms with Crippen LogP contribution in [0.5, 0.6) is 5.75 Å². The quantitative estimate of drug-likeness (QED) is 0.804. The van der Waals surface area contributed by atoms with Crippen LogP contribution in [-0.2, 0) is 9.59 Å². The number of benzene rings is 1. The second-order valence-corrected chi connectivity index (χ2v) is 5.77. The van der Waals surface area contributed by atoms with Crippen LogP contribution in [-0.4, -0.2) is 48.1 Å². The fraction of sp³-hybridized carbons (Fsp3) is 0.467. The third-order valence-electron chi connectivity index (χ3n) is 3.55. The number of nitrogens with zero attached hydrogens (tertiary/aromatic N) is 1. The topological polar surface area (TPSA) is 78.9 Å². The Labute approximate surface area is 135 Å². The van der Waals surface area contributed by atoms with Gasteiger partial charge in [-0.05, 0) is 32.0 Å². The van der Waals surface area contributed by atoms with Gasteiger partial charge in [-0.1, -0.05) is 11.6 Å². The van der Waals surface area contributed by atoms with Gasteiger partial charge in [0.05, 0.1) is 12.8 Å². The normalized spacial score (nSPS) is 11.0. The van der Waals surface area contributed by atoms with Crippen LogP contribution in [0.2, 0.25) is 5.02 Å². The maximum atomic E-state index is 12.1. The van der Waals surface area contributed by atoms with E-state index in [2.05, 4.69) is 5.32 Å². The highest BCUT2D eigenvalue weighted by atomic mass is 35.5. The fourth-order valence-electron chi connectivity index (χ4n) is 1.75. The summed E-state index contributed by atoms with van der Waals surface area (Å²) in [4.78, 5) is 24.4. The fourth-order valence-corrected chi connectivity index (χ4v) is 1.92. The lowest BCUT2D eigenvalue weighted by molar-refractivity contribution is -0.155. The van der Waals surface area contributed by atoms with Crippen LogP contribution in [0, 0.1) is 0 Å². The van der Waals surface area contributed by atoms with Gasteiger partial charge in [0, 0.05) is 25.0 Å². The molecule has 0 saturated heterocycles. The van der Waals surface area contributed by atoms with Crippen LogP contribution in [0.4, 0.5) is 5.69 Å². The molecule has 1 aromatic rings. The average Bonchev–Trinajstić information content (AvgIpc) is 2.46. The molecule has 0 spiro atoms. The highest BCUT2D eigenvalue weighted by molar-refractivity contribution is 6.30. The lowest BCUT2D eigenvalue weighted by Gasteiger charge is -2.31. The van der Waals surface area contributed by atoms with E-state index in [-0.39, 0.29) is 12.3 Å². The number of halogens is 1. The Balaban J connectivity index is 2.63. The van der Waals surface area contributed by atoms with Gasteiger partial charge in [-0.3, -0.25) is 4.79 Å². The van der Waals surface area contributed by atoms with Crippen molar-refractivity contribution in [1.29, 1.82) is 0 Å². The van der Waals surface area contributed by atoms with Gasteiger partial charge in [-0.2, -0.15) is 0 Å². The first-order valence-electron chi connectivity index (χ1n) is 6.77. The molecular weight excluding hydrogens is 308 g/mol. The van der Waals surface area contributed by atoms with Crippen LogP contribution < -0.4 is 10.1 Å². The number of likely N-dealkylation sites (N-methyl/N-ethyl adjacent to an activating group) is 1. The molecule has 7 heteroatoms. The maximum Gasteiger partial charge on any atom is 0.329 e. The number of hydrogen-bond acceptors (Lipinski definition) is 4. The maximum absolute atomic E-state index is 12.1. The summed E-state index contributed by atoms with van der Waals surface area (Å²) >= 11 is 5.92. The molecule has 1 rings (SSSR count). The molecule has 0 bridgehead atoms. The number of carbonyl (C=O) groups excluding carboxylic acids is 1. The van der Waals surface area contributed by atoms with Crippen molar-refractivity contribution in [3.8, 4) is 5.75 Å². The predicted octanol–water partition coefficient (Wildman–Crippen LogP) is 2.47. The highest BCUT2D eigenvalue weighted by Crippen LogP contribution is 2.27. The summed E-state index contributed by atoms with van der Waals surface area (Å²) in [7, 11) is 3.03. The zero-order valence-corrected chi connectivity index (χ0v) is 13.9. The molecule has 0 fully saturated rings. The molecule has 2 N–H and O–H groups in total. The molecule has 0 saturated carbocycles. The Morgan fingerprint density at radius 2 is 2.05 bits per heavy atom. The van der Waals surface area contributed by atoms with Crippen molar-refractivity contribution in [1.82, 2.24) is 4.90 Å². The number of methoxy groups -OCH3 is 1. The standard InChI is InChI=1S/C15H21ClN2O4/c1-15(2,14(20)21)18(3)13(19)7-8-17-11-9-10(16)5-6-12(11)22-4/h5-6,9,17H,7-8H2,1-4H3,(H,20,21). The Morgan fingerprint density at radius 1 is 1.41 bits per heavy atom. The van der Waals surface area contributed by atoms with Crippen LogP contribution in [0.3, 0.4) is 0 Å². The number of carboxylic acid groups (broad SMARTS) is 1. The van der Waals surface area contributed by atoms with Gasteiger partial charge >= 0.3 is 5.97 Å². The molecule has 0 unspecified atom stereocenters. The van der Waals surface area contributed by atoms with Gasteiger partial charge in [-0.15, -0.1) is 0 Å². The minimum absolute atomic E-state index is 0.156. The third-order valence-corrected chi connectivity index (χ3v) is 3.79. The van der Waals surface area contributed by atoms with E-state index in [1.807, 2.05) is 0 Å². The molecule has 0 aromatic heterocycles. The first kappa shape index (κ1) is 18.1. The van der Waals surface area contributed by atoms with E-state index in [0.717, 1.165) is 0 Å². The summed E-state index contributed by atoms with van der Waals surface area (Å²) in [5.41, 5.74) is -0.562. The molecule has 0 atom stereocenters. The number of anilines is 1. The number of nitrogens with one attached hydrogen (secondary N) is 1. The second kappa shape index (κ2) is 7.35. The zero-order valence-electron chi connectivity index (χ0n) is 13.1. The van der Waals surface area contributed by atoms with Crippen LogP contribution in [0.1, 0.15) is 20.3 Å². The van der Waals surface area contributed by atoms with E-state index >= 15 is 0 Å². The number of hydrogen-bond donors (Lipinski definition) is 2. The number of carboxylic acids is 1. The van der Waals surface area contributed by atoms with Crippen molar-refractivity contribution < 1.29 is 19.4 Å². The summed E-state index contributed by atoms with van der Waals surface area (Å²) in [5.74, 6) is -0.690. The van der Waals surface area contributed by atoms with Crippen LogP contribution >= 0.6 is 11.6 Å². The summed E-state index contributed by atoms with van der Waals surface area (Å²) in [6, 6.07) is 5.14. The minimum Gasteiger partial charge on any atom is -0.495 e. The molecule has 1 amide bonds. The van der Waals surface area contributed by atoms with Crippen molar-refractivity contribution in [2.45, 2.75) is 25.8 Å². The molecule has 0 aliphatic heterocycles. The Bertz CT molecular complexity index is 560. The van der Waals surface area contributed by atoms with Crippen molar-refractivity contribution >= 4 is 29.2 Å². The van der Waals surface area contributed by atoms with E-state index in [1.165, 1.54) is 25.8 Å². The molecule has 0 heterocycles. The second-order valence-electron chi connectivity index (χ2n) is 5.34. The summed E-state index contributed by atoms with van der Waals surface area (Å²) in [5, 5.41) is 12.7. The number of aliphatic carboxylic acids is 1. The van der Waals surface area contributed by atoms with Gasteiger partial charge in [0.1, 0.15) is 11.3 Å². The number of amides is 1. The van der Waals surface area contributed by atoms with Crippen molar-refractivity contribution in [2.75, 3.05) is 26.0 Å². The molecule has 0 aliphatic carbocycles. The third kappa shape index (κ3) is 4.27. The van der Waals surface area contributed by atoms with Gasteiger partial charge in [0.25, 0.3) is 0 Å². The lowest BCUT2D eigenvalue weighted by atomic mass is 10.0. The van der Waals surface area contributed by atoms with Crippen molar-refractivity contribution in [3.63, 3.8) is 0 Å². The van der Waals surface area contributed by atoms with E-state index in [9.17, 15) is 9.59 Å². The van der Waals surface area contributed by atoms with Gasteiger partial charge in [0.2, 0.25) is 5.91 Å². The van der Waals surface area contributed by atoms with E-state index in [0.29, 0.717) is 23.0 Å². The largest absolute Gasteiger partial charge is 0.495 e. The van der Waals surface area contributed by atoms with Crippen molar-refractivity contribution in [3.05, 3.63) is 23.2 Å². The molecule has 0 aliphatic rings. The summed E-state index contributed by atoms with van der Waals surface area (Å²) < 4.78 is 5.20. The monoisotopic (exact) mass is 328 g/mol. The number of rotatable bonds is 7.